The Labute approximate surface area is 185 Å². The second-order valence-corrected chi connectivity index (χ2v) is 14.3. The second kappa shape index (κ2) is 8.96. The lowest BCUT2D eigenvalue weighted by atomic mass is 10.2. The van der Waals surface area contributed by atoms with Crippen LogP contribution in [-0.4, -0.2) is 41.5 Å². The molecule has 3 rings (SSSR count). The average Bonchev–Trinajstić information content (AvgIpc) is 3.05. The first kappa shape index (κ1) is 22.0. The Morgan fingerprint density at radius 2 is 1.90 bits per heavy atom. The molecular weight excluding hydrogens is 499 g/mol. The first-order valence-corrected chi connectivity index (χ1v) is 13.5. The zero-order chi connectivity index (χ0) is 21.1. The minimum absolute atomic E-state index is 0.190. The summed E-state index contributed by atoms with van der Waals surface area (Å²) < 4.78 is 18.9. The van der Waals surface area contributed by atoms with Gasteiger partial charge in [0.2, 0.25) is 5.88 Å². The minimum Gasteiger partial charge on any atom is -0.490 e. The van der Waals surface area contributed by atoms with Crippen LogP contribution in [0.2, 0.25) is 18.1 Å². The van der Waals surface area contributed by atoms with Crippen LogP contribution in [0.4, 0.5) is 0 Å². The normalized spacial score (nSPS) is 12.3. The van der Waals surface area contributed by atoms with E-state index in [4.69, 9.17) is 13.9 Å². The summed E-state index contributed by atoms with van der Waals surface area (Å²) in [6.07, 6.45) is 6.84. The fraction of sp³-hybridized carbons (Fsp3) is 0.450. The largest absolute Gasteiger partial charge is 0.490 e. The van der Waals surface area contributed by atoms with Crippen LogP contribution in [0.25, 0.3) is 11.0 Å². The SMILES string of the molecule is CC(C)(C)[Si](C)(C)OCCOc1cncc(COc2ncnc3[nH]cc(I)c23)c1. The van der Waals surface area contributed by atoms with E-state index in [0.717, 1.165) is 20.2 Å². The second-order valence-electron chi connectivity index (χ2n) is 8.31. The molecule has 7 nitrogen and oxygen atoms in total. The number of ether oxygens (including phenoxy) is 2. The number of rotatable bonds is 8. The fourth-order valence-corrected chi connectivity index (χ4v) is 4.12. The molecule has 0 aliphatic rings. The van der Waals surface area contributed by atoms with E-state index in [0.29, 0.717) is 31.5 Å². The molecule has 0 atom stereocenters. The van der Waals surface area contributed by atoms with E-state index in [1.165, 1.54) is 6.33 Å². The molecule has 0 aromatic carbocycles. The molecule has 0 aliphatic heterocycles. The van der Waals surface area contributed by atoms with Crippen molar-refractivity contribution in [3.05, 3.63) is 40.1 Å². The predicted octanol–water partition coefficient (Wildman–Crippen LogP) is 4.94. The van der Waals surface area contributed by atoms with Crippen molar-refractivity contribution in [2.75, 3.05) is 13.2 Å². The molecule has 156 valence electrons. The molecule has 0 radical (unpaired) electrons. The summed E-state index contributed by atoms with van der Waals surface area (Å²) in [5.41, 5.74) is 1.67. The molecule has 0 unspecified atom stereocenters. The molecule has 0 aliphatic carbocycles. The number of nitrogens with zero attached hydrogens (tertiary/aromatic N) is 3. The van der Waals surface area contributed by atoms with E-state index in [2.05, 4.69) is 76.4 Å². The lowest BCUT2D eigenvalue weighted by Crippen LogP contribution is -2.41. The van der Waals surface area contributed by atoms with Crippen molar-refractivity contribution in [3.8, 4) is 11.6 Å². The van der Waals surface area contributed by atoms with Crippen LogP contribution in [-0.2, 0) is 11.0 Å². The van der Waals surface area contributed by atoms with Crippen molar-refractivity contribution in [1.82, 2.24) is 19.9 Å². The Hall–Kier alpha value is -1.72. The highest BCUT2D eigenvalue weighted by Crippen LogP contribution is 2.36. The van der Waals surface area contributed by atoms with Crippen LogP contribution in [0.1, 0.15) is 26.3 Å². The number of hydrogen-bond donors (Lipinski definition) is 1. The number of pyridine rings is 1. The fourth-order valence-electron chi connectivity index (χ4n) is 2.45. The van der Waals surface area contributed by atoms with Crippen LogP contribution >= 0.6 is 22.6 Å². The molecule has 0 saturated heterocycles. The summed E-state index contributed by atoms with van der Waals surface area (Å²) in [6, 6.07) is 1.93. The molecule has 0 amide bonds. The van der Waals surface area contributed by atoms with Crippen molar-refractivity contribution >= 4 is 41.9 Å². The van der Waals surface area contributed by atoms with E-state index < -0.39 is 8.32 Å². The van der Waals surface area contributed by atoms with Gasteiger partial charge >= 0.3 is 0 Å². The highest BCUT2D eigenvalue weighted by atomic mass is 127. The van der Waals surface area contributed by atoms with Crippen LogP contribution in [0.15, 0.2) is 31.0 Å². The van der Waals surface area contributed by atoms with Gasteiger partial charge in [0.25, 0.3) is 0 Å². The van der Waals surface area contributed by atoms with Gasteiger partial charge in [0.15, 0.2) is 8.32 Å². The maximum atomic E-state index is 6.15. The third-order valence-corrected chi connectivity index (χ3v) is 10.5. The third kappa shape index (κ3) is 5.46. The van der Waals surface area contributed by atoms with Gasteiger partial charge in [0.05, 0.1) is 18.2 Å². The van der Waals surface area contributed by atoms with Crippen molar-refractivity contribution in [2.45, 2.75) is 45.5 Å². The maximum absolute atomic E-state index is 6.15. The summed E-state index contributed by atoms with van der Waals surface area (Å²) in [7, 11) is -1.76. The Morgan fingerprint density at radius 1 is 1.10 bits per heavy atom. The van der Waals surface area contributed by atoms with Gasteiger partial charge in [-0.3, -0.25) is 4.98 Å². The molecule has 0 saturated carbocycles. The average molecular weight is 526 g/mol. The lowest BCUT2D eigenvalue weighted by molar-refractivity contribution is 0.202. The van der Waals surface area contributed by atoms with Gasteiger partial charge in [-0.2, -0.15) is 0 Å². The lowest BCUT2D eigenvalue weighted by Gasteiger charge is -2.36. The summed E-state index contributed by atoms with van der Waals surface area (Å²) in [6.45, 7) is 12.6. The Bertz CT molecular complexity index is 972. The van der Waals surface area contributed by atoms with E-state index in [-0.39, 0.29) is 5.04 Å². The topological polar surface area (TPSA) is 82.2 Å². The van der Waals surface area contributed by atoms with Crippen LogP contribution in [0.5, 0.6) is 11.6 Å². The predicted molar refractivity (Wildman–Crippen MR) is 124 cm³/mol. The van der Waals surface area contributed by atoms with E-state index in [9.17, 15) is 0 Å². The summed E-state index contributed by atoms with van der Waals surface area (Å²) in [5.74, 6) is 1.25. The number of fused-ring (bicyclic) bond motifs is 1. The van der Waals surface area contributed by atoms with Gasteiger partial charge in [-0.15, -0.1) is 0 Å². The highest BCUT2D eigenvalue weighted by Gasteiger charge is 2.36. The van der Waals surface area contributed by atoms with Gasteiger partial charge in [0.1, 0.15) is 30.9 Å². The van der Waals surface area contributed by atoms with E-state index in [1.54, 1.807) is 12.4 Å². The molecule has 9 heteroatoms. The zero-order valence-corrected chi connectivity index (χ0v) is 20.6. The first-order chi connectivity index (χ1) is 13.7. The zero-order valence-electron chi connectivity index (χ0n) is 17.5. The number of aromatic amines is 1. The van der Waals surface area contributed by atoms with Crippen molar-refractivity contribution in [1.29, 1.82) is 0 Å². The van der Waals surface area contributed by atoms with Crippen molar-refractivity contribution < 1.29 is 13.9 Å². The molecule has 0 spiro atoms. The highest BCUT2D eigenvalue weighted by molar-refractivity contribution is 14.1. The quantitative estimate of drug-likeness (QED) is 0.255. The Morgan fingerprint density at radius 3 is 2.66 bits per heavy atom. The van der Waals surface area contributed by atoms with Gasteiger partial charge in [-0.1, -0.05) is 20.8 Å². The smallest absolute Gasteiger partial charge is 0.227 e. The summed E-state index contributed by atoms with van der Waals surface area (Å²) in [4.78, 5) is 15.8. The number of hydrogen-bond acceptors (Lipinski definition) is 6. The molecule has 0 bridgehead atoms. The van der Waals surface area contributed by atoms with Gasteiger partial charge in [-0.05, 0) is 46.8 Å². The summed E-state index contributed by atoms with van der Waals surface area (Å²) in [5, 5.41) is 1.08. The first-order valence-electron chi connectivity index (χ1n) is 9.48. The van der Waals surface area contributed by atoms with E-state index in [1.807, 2.05) is 12.3 Å². The van der Waals surface area contributed by atoms with E-state index >= 15 is 0 Å². The van der Waals surface area contributed by atoms with Gasteiger partial charge < -0.3 is 18.9 Å². The molecular formula is C20H27IN4O3Si. The molecule has 3 aromatic rings. The summed E-state index contributed by atoms with van der Waals surface area (Å²) >= 11 is 2.23. The van der Waals surface area contributed by atoms with Crippen LogP contribution < -0.4 is 9.47 Å². The number of halogens is 1. The van der Waals surface area contributed by atoms with Gasteiger partial charge in [0, 0.05) is 21.5 Å². The van der Waals surface area contributed by atoms with Gasteiger partial charge in [-0.25, -0.2) is 9.97 Å². The third-order valence-electron chi connectivity index (χ3n) is 5.15. The Kier molecular flexibility index (Phi) is 6.79. The molecule has 29 heavy (non-hydrogen) atoms. The monoisotopic (exact) mass is 526 g/mol. The molecule has 3 aromatic heterocycles. The number of H-pyrrole nitrogens is 1. The Balaban J connectivity index is 1.55. The van der Waals surface area contributed by atoms with Crippen LogP contribution in [0.3, 0.4) is 0 Å². The minimum atomic E-state index is -1.76. The molecule has 1 N–H and O–H groups in total. The van der Waals surface area contributed by atoms with Crippen LogP contribution in [0, 0.1) is 3.57 Å². The number of nitrogens with one attached hydrogen (secondary N) is 1. The standard InChI is InChI=1S/C20H27IN4O3Si/c1-20(2,3)29(4,5)28-7-6-26-15-8-14(9-22-10-15)12-27-19-17-16(21)11-23-18(17)24-13-25-19/h8-11,13H,6-7,12H2,1-5H3,(H,23,24,25). The molecule has 0 fully saturated rings. The maximum Gasteiger partial charge on any atom is 0.227 e. The van der Waals surface area contributed by atoms with Crippen molar-refractivity contribution in [3.63, 3.8) is 0 Å². The molecule has 3 heterocycles. The number of aromatic nitrogens is 4. The van der Waals surface area contributed by atoms with Crippen molar-refractivity contribution in [2.24, 2.45) is 0 Å².